The molecule has 0 spiro atoms. The van der Waals surface area contributed by atoms with Gasteiger partial charge < -0.3 is 4.57 Å². The fourth-order valence-corrected chi connectivity index (χ4v) is 1.24. The first kappa shape index (κ1) is 7.35. The monoisotopic (exact) mass is 157 g/mol. The highest BCUT2D eigenvalue weighted by Gasteiger charge is 2.07. The fraction of sp³-hybridized carbons (Fsp3) is 0.286. The van der Waals surface area contributed by atoms with Crippen LogP contribution in [0.25, 0.3) is 0 Å². The number of aromatic nitrogens is 1. The second kappa shape index (κ2) is 2.46. The maximum absolute atomic E-state index is 10.8. The average molecular weight is 158 g/mol. The van der Waals surface area contributed by atoms with E-state index < -0.39 is 0 Å². The number of hydrogen-bond donors (Lipinski definition) is 0. The zero-order chi connectivity index (χ0) is 7.72. The van der Waals surface area contributed by atoms with Gasteiger partial charge in [-0.05, 0) is 6.07 Å². The van der Waals surface area contributed by atoms with Crippen molar-refractivity contribution in [1.29, 1.82) is 0 Å². The van der Waals surface area contributed by atoms with Crippen LogP contribution < -0.4 is 0 Å². The molecule has 0 N–H and O–H groups in total. The van der Waals surface area contributed by atoms with Gasteiger partial charge in [0.25, 0.3) is 0 Å². The molecule has 0 fully saturated rings. The van der Waals surface area contributed by atoms with Crippen LogP contribution in [0, 0.1) is 0 Å². The SMILES string of the molecule is CC(=O)c1c(Cl)ccn1C. The van der Waals surface area contributed by atoms with Gasteiger partial charge in [-0.25, -0.2) is 0 Å². The smallest absolute Gasteiger partial charge is 0.177 e. The van der Waals surface area contributed by atoms with Gasteiger partial charge in [0, 0.05) is 20.2 Å². The van der Waals surface area contributed by atoms with Crippen LogP contribution in [0.2, 0.25) is 5.02 Å². The van der Waals surface area contributed by atoms with Crippen molar-refractivity contribution in [3.05, 3.63) is 23.0 Å². The highest BCUT2D eigenvalue weighted by molar-refractivity contribution is 6.33. The van der Waals surface area contributed by atoms with E-state index in [0.717, 1.165) is 0 Å². The molecule has 0 aromatic carbocycles. The maximum Gasteiger partial charge on any atom is 0.177 e. The van der Waals surface area contributed by atoms with Crippen LogP contribution in [0.5, 0.6) is 0 Å². The molecule has 0 radical (unpaired) electrons. The van der Waals surface area contributed by atoms with Crippen LogP contribution in [-0.4, -0.2) is 10.4 Å². The third-order valence-corrected chi connectivity index (χ3v) is 1.66. The standard InChI is InChI=1S/C7H8ClNO/c1-5(10)7-6(8)3-4-9(7)2/h3-4H,1-2H3. The highest BCUT2D eigenvalue weighted by atomic mass is 35.5. The molecule has 1 heterocycles. The fourth-order valence-electron chi connectivity index (χ4n) is 0.916. The van der Waals surface area contributed by atoms with Gasteiger partial charge in [-0.2, -0.15) is 0 Å². The summed E-state index contributed by atoms with van der Waals surface area (Å²) >= 11 is 5.70. The maximum atomic E-state index is 10.8. The molecule has 0 aliphatic rings. The Morgan fingerprint density at radius 3 is 2.50 bits per heavy atom. The molecule has 2 nitrogen and oxygen atoms in total. The molecule has 0 unspecified atom stereocenters. The lowest BCUT2D eigenvalue weighted by atomic mass is 10.3. The van der Waals surface area contributed by atoms with Gasteiger partial charge in [0.2, 0.25) is 0 Å². The quantitative estimate of drug-likeness (QED) is 0.571. The number of halogens is 1. The van der Waals surface area contributed by atoms with Crippen LogP contribution in [0.15, 0.2) is 12.3 Å². The predicted octanol–water partition coefficient (Wildman–Crippen LogP) is 1.88. The van der Waals surface area contributed by atoms with Crippen molar-refractivity contribution in [3.8, 4) is 0 Å². The summed E-state index contributed by atoms with van der Waals surface area (Å²) in [5.74, 6) is -0.00231. The van der Waals surface area contributed by atoms with Crippen LogP contribution in [0.3, 0.4) is 0 Å². The number of aryl methyl sites for hydroxylation is 1. The first-order chi connectivity index (χ1) is 4.63. The lowest BCUT2D eigenvalue weighted by Gasteiger charge is -1.96. The first-order valence-corrected chi connectivity index (χ1v) is 3.32. The molecule has 1 aromatic heterocycles. The van der Waals surface area contributed by atoms with Crippen LogP contribution in [0.4, 0.5) is 0 Å². The number of rotatable bonds is 1. The molecule has 0 saturated heterocycles. The average Bonchev–Trinajstić information content (AvgIpc) is 2.11. The Balaban J connectivity index is 3.23. The van der Waals surface area contributed by atoms with Gasteiger partial charge in [0.1, 0.15) is 5.69 Å². The number of hydrogen-bond acceptors (Lipinski definition) is 1. The van der Waals surface area contributed by atoms with Crippen molar-refractivity contribution in [1.82, 2.24) is 4.57 Å². The van der Waals surface area contributed by atoms with Crippen molar-refractivity contribution in [2.75, 3.05) is 0 Å². The summed E-state index contributed by atoms with van der Waals surface area (Å²) in [5.41, 5.74) is 0.571. The predicted molar refractivity (Wildman–Crippen MR) is 40.4 cm³/mol. The first-order valence-electron chi connectivity index (χ1n) is 2.94. The van der Waals surface area contributed by atoms with Gasteiger partial charge in [-0.15, -0.1) is 0 Å². The molecule has 0 aliphatic heterocycles. The molecule has 1 aromatic rings. The summed E-state index contributed by atoms with van der Waals surface area (Å²) in [4.78, 5) is 10.8. The van der Waals surface area contributed by atoms with Crippen LogP contribution in [-0.2, 0) is 7.05 Å². The summed E-state index contributed by atoms with van der Waals surface area (Å²) in [5, 5.41) is 0.523. The molecule has 54 valence electrons. The number of ketones is 1. The third-order valence-electron chi connectivity index (χ3n) is 1.36. The molecule has 10 heavy (non-hydrogen) atoms. The Labute approximate surface area is 64.4 Å². The Morgan fingerprint density at radius 2 is 2.30 bits per heavy atom. The normalized spacial score (nSPS) is 9.90. The van der Waals surface area contributed by atoms with Crippen LogP contribution in [0.1, 0.15) is 17.4 Å². The Hall–Kier alpha value is -0.760. The van der Waals surface area contributed by atoms with E-state index in [-0.39, 0.29) is 5.78 Å². The van der Waals surface area contributed by atoms with Gasteiger partial charge in [-0.3, -0.25) is 4.79 Å². The van der Waals surface area contributed by atoms with E-state index in [9.17, 15) is 4.79 Å². The van der Waals surface area contributed by atoms with Crippen molar-refractivity contribution >= 4 is 17.4 Å². The van der Waals surface area contributed by atoms with Gasteiger partial charge in [-0.1, -0.05) is 11.6 Å². The van der Waals surface area contributed by atoms with E-state index in [1.54, 1.807) is 23.9 Å². The molecule has 0 atom stereocenters. The van der Waals surface area contributed by atoms with E-state index in [1.165, 1.54) is 6.92 Å². The number of Topliss-reactive ketones (excluding diaryl/α,β-unsaturated/α-hetero) is 1. The second-order valence-electron chi connectivity index (χ2n) is 2.18. The zero-order valence-electron chi connectivity index (χ0n) is 5.89. The third kappa shape index (κ3) is 1.07. The zero-order valence-corrected chi connectivity index (χ0v) is 6.64. The topological polar surface area (TPSA) is 22.0 Å². The molecule has 0 aliphatic carbocycles. The van der Waals surface area contributed by atoms with Gasteiger partial charge in [0.05, 0.1) is 5.02 Å². The summed E-state index contributed by atoms with van der Waals surface area (Å²) in [6.45, 7) is 1.50. The molecule has 3 heteroatoms. The Bertz CT molecular complexity index is 245. The molecule has 0 bridgehead atoms. The van der Waals surface area contributed by atoms with Crippen molar-refractivity contribution in [3.63, 3.8) is 0 Å². The lowest BCUT2D eigenvalue weighted by Crippen LogP contribution is -2.00. The van der Waals surface area contributed by atoms with Crippen molar-refractivity contribution in [2.24, 2.45) is 7.05 Å². The van der Waals surface area contributed by atoms with E-state index in [4.69, 9.17) is 11.6 Å². The van der Waals surface area contributed by atoms with Gasteiger partial charge in [0.15, 0.2) is 5.78 Å². The minimum atomic E-state index is -0.00231. The van der Waals surface area contributed by atoms with E-state index in [2.05, 4.69) is 0 Å². The molecular weight excluding hydrogens is 150 g/mol. The summed E-state index contributed by atoms with van der Waals surface area (Å²) in [6.07, 6.45) is 1.76. The van der Waals surface area contributed by atoms with E-state index in [0.29, 0.717) is 10.7 Å². The minimum Gasteiger partial charge on any atom is -0.347 e. The van der Waals surface area contributed by atoms with Crippen molar-refractivity contribution in [2.45, 2.75) is 6.92 Å². The largest absolute Gasteiger partial charge is 0.347 e. The summed E-state index contributed by atoms with van der Waals surface area (Å²) in [7, 11) is 1.79. The van der Waals surface area contributed by atoms with E-state index in [1.807, 2.05) is 0 Å². The lowest BCUT2D eigenvalue weighted by molar-refractivity contribution is 0.101. The number of carbonyl (C=O) groups excluding carboxylic acids is 1. The summed E-state index contributed by atoms with van der Waals surface area (Å²) < 4.78 is 1.71. The number of nitrogens with zero attached hydrogens (tertiary/aromatic N) is 1. The Kier molecular flexibility index (Phi) is 1.81. The molecular formula is C7H8ClNO. The molecule has 0 amide bonds. The molecule has 0 saturated carbocycles. The van der Waals surface area contributed by atoms with Gasteiger partial charge >= 0.3 is 0 Å². The number of carbonyl (C=O) groups is 1. The summed E-state index contributed by atoms with van der Waals surface area (Å²) in [6, 6.07) is 1.71. The minimum absolute atomic E-state index is 0.00231. The van der Waals surface area contributed by atoms with Crippen LogP contribution >= 0.6 is 11.6 Å². The highest BCUT2D eigenvalue weighted by Crippen LogP contribution is 2.15. The van der Waals surface area contributed by atoms with E-state index >= 15 is 0 Å². The van der Waals surface area contributed by atoms with Crippen molar-refractivity contribution < 1.29 is 4.79 Å². The molecule has 1 rings (SSSR count). The second-order valence-corrected chi connectivity index (χ2v) is 2.59. The Morgan fingerprint density at radius 1 is 1.70 bits per heavy atom.